The van der Waals surface area contributed by atoms with Gasteiger partial charge in [-0.15, -0.1) is 11.3 Å². The van der Waals surface area contributed by atoms with Gasteiger partial charge in [0.15, 0.2) is 6.61 Å². The summed E-state index contributed by atoms with van der Waals surface area (Å²) in [5.41, 5.74) is 1.74. The van der Waals surface area contributed by atoms with E-state index in [1.165, 1.54) is 11.3 Å². The van der Waals surface area contributed by atoms with Gasteiger partial charge in [0.2, 0.25) is 5.91 Å². The van der Waals surface area contributed by atoms with Crippen LogP contribution in [0.3, 0.4) is 0 Å². The normalized spacial score (nSPS) is 13.1. The first-order chi connectivity index (χ1) is 14.4. The maximum atomic E-state index is 12.7. The highest BCUT2D eigenvalue weighted by atomic mass is 32.1. The summed E-state index contributed by atoms with van der Waals surface area (Å²) in [4.78, 5) is 38.1. The smallest absolute Gasteiger partial charge is 0.341 e. The fourth-order valence-corrected chi connectivity index (χ4v) is 4.30. The van der Waals surface area contributed by atoms with E-state index in [0.29, 0.717) is 16.3 Å². The minimum atomic E-state index is -0.615. The van der Waals surface area contributed by atoms with Crippen LogP contribution in [-0.2, 0) is 14.3 Å². The largest absolute Gasteiger partial charge is 0.452 e. The third kappa shape index (κ3) is 4.21. The van der Waals surface area contributed by atoms with Gasteiger partial charge in [-0.1, -0.05) is 36.4 Å². The molecule has 0 bridgehead atoms. The molecule has 0 atom stereocenters. The molecule has 154 valence electrons. The molecule has 2 amide bonds. The molecule has 0 aliphatic heterocycles. The zero-order chi connectivity index (χ0) is 21.3. The van der Waals surface area contributed by atoms with Crippen molar-refractivity contribution in [2.75, 3.05) is 17.2 Å². The molecule has 1 fully saturated rings. The van der Waals surface area contributed by atoms with E-state index in [4.69, 9.17) is 4.74 Å². The average Bonchev–Trinajstić information content (AvgIpc) is 3.54. The summed E-state index contributed by atoms with van der Waals surface area (Å²) in [6.45, 7) is 3.29. The summed E-state index contributed by atoms with van der Waals surface area (Å²) in [6, 6.07) is 13.3. The lowest BCUT2D eigenvalue weighted by atomic mass is 10.1. The fraction of sp³-hybridized carbons (Fsp3) is 0.261. The van der Waals surface area contributed by atoms with Crippen molar-refractivity contribution in [3.05, 3.63) is 58.5 Å². The average molecular weight is 423 g/mol. The van der Waals surface area contributed by atoms with Crippen LogP contribution >= 0.6 is 11.3 Å². The van der Waals surface area contributed by atoms with Gasteiger partial charge in [0.25, 0.3) is 5.91 Å². The zero-order valence-corrected chi connectivity index (χ0v) is 17.6. The number of fused-ring (bicyclic) bond motifs is 1. The molecule has 3 aromatic rings. The van der Waals surface area contributed by atoms with E-state index in [0.717, 1.165) is 34.1 Å². The maximum absolute atomic E-state index is 12.7. The number of carbonyl (C=O) groups is 3. The van der Waals surface area contributed by atoms with E-state index in [-0.39, 0.29) is 11.8 Å². The Balaban J connectivity index is 1.43. The highest BCUT2D eigenvalue weighted by molar-refractivity contribution is 7.16. The van der Waals surface area contributed by atoms with Crippen molar-refractivity contribution in [3.63, 3.8) is 0 Å². The number of hydrogen-bond acceptors (Lipinski definition) is 5. The number of rotatable bonds is 6. The highest BCUT2D eigenvalue weighted by Crippen LogP contribution is 2.36. The Labute approximate surface area is 178 Å². The lowest BCUT2D eigenvalue weighted by molar-refractivity contribution is -0.119. The Morgan fingerprint density at radius 3 is 2.53 bits per heavy atom. The maximum Gasteiger partial charge on any atom is 0.341 e. The third-order valence-corrected chi connectivity index (χ3v) is 6.30. The SMILES string of the molecule is Cc1sc(NC(=O)C2CC2)c(C(=O)OCC(=O)Nc2cccc3ccccc23)c1C. The summed E-state index contributed by atoms with van der Waals surface area (Å²) in [6.07, 6.45) is 1.76. The van der Waals surface area contributed by atoms with Crippen molar-refractivity contribution in [1.82, 2.24) is 0 Å². The molecule has 2 aromatic carbocycles. The molecular weight excluding hydrogens is 400 g/mol. The number of carbonyl (C=O) groups excluding carboxylic acids is 3. The second-order valence-electron chi connectivity index (χ2n) is 7.40. The molecule has 0 saturated heterocycles. The van der Waals surface area contributed by atoms with E-state index in [2.05, 4.69) is 10.6 Å². The van der Waals surface area contributed by atoms with Crippen LogP contribution in [0.15, 0.2) is 42.5 Å². The molecule has 2 N–H and O–H groups in total. The summed E-state index contributed by atoms with van der Waals surface area (Å²) in [7, 11) is 0. The fourth-order valence-electron chi connectivity index (χ4n) is 3.24. The minimum Gasteiger partial charge on any atom is -0.452 e. The molecule has 6 nitrogen and oxygen atoms in total. The minimum absolute atomic E-state index is 0.0306. The number of aryl methyl sites for hydroxylation is 1. The summed E-state index contributed by atoms with van der Waals surface area (Å²) >= 11 is 1.35. The van der Waals surface area contributed by atoms with Gasteiger partial charge in [-0.3, -0.25) is 9.59 Å². The van der Waals surface area contributed by atoms with Gasteiger partial charge in [-0.25, -0.2) is 4.79 Å². The van der Waals surface area contributed by atoms with Crippen LogP contribution in [0.5, 0.6) is 0 Å². The number of nitrogens with one attached hydrogen (secondary N) is 2. The van der Waals surface area contributed by atoms with Crippen molar-refractivity contribution in [2.24, 2.45) is 5.92 Å². The van der Waals surface area contributed by atoms with Crippen molar-refractivity contribution in [1.29, 1.82) is 0 Å². The van der Waals surface area contributed by atoms with Gasteiger partial charge < -0.3 is 15.4 Å². The van der Waals surface area contributed by atoms with Crippen LogP contribution in [0.1, 0.15) is 33.6 Å². The first kappa shape index (κ1) is 20.1. The topological polar surface area (TPSA) is 84.5 Å². The first-order valence-corrected chi connectivity index (χ1v) is 10.6. The van der Waals surface area contributed by atoms with E-state index >= 15 is 0 Å². The van der Waals surface area contributed by atoms with E-state index in [1.54, 1.807) is 6.07 Å². The number of anilines is 2. The van der Waals surface area contributed by atoms with E-state index in [1.807, 2.05) is 50.2 Å². The monoisotopic (exact) mass is 422 g/mol. The van der Waals surface area contributed by atoms with Crippen LogP contribution in [0.25, 0.3) is 10.8 Å². The van der Waals surface area contributed by atoms with Gasteiger partial charge in [0.05, 0.1) is 5.56 Å². The number of amides is 2. The Morgan fingerprint density at radius 2 is 1.77 bits per heavy atom. The molecule has 0 spiro atoms. The zero-order valence-electron chi connectivity index (χ0n) is 16.8. The molecule has 0 radical (unpaired) electrons. The van der Waals surface area contributed by atoms with Crippen LogP contribution in [0.2, 0.25) is 0 Å². The van der Waals surface area contributed by atoms with Gasteiger partial charge in [-0.05, 0) is 43.7 Å². The molecule has 1 aromatic heterocycles. The van der Waals surface area contributed by atoms with Gasteiger partial charge in [-0.2, -0.15) is 0 Å². The predicted octanol–water partition coefficient (Wildman–Crippen LogP) is 4.66. The second-order valence-corrected chi connectivity index (χ2v) is 8.63. The summed E-state index contributed by atoms with van der Waals surface area (Å²) in [5.74, 6) is -1.08. The standard InChI is InChI=1S/C23H22N2O4S/c1-13-14(2)30-22(25-21(27)16-10-11-16)20(13)23(28)29-12-19(26)24-18-9-5-7-15-6-3-4-8-17(15)18/h3-9,16H,10-12H2,1-2H3,(H,24,26)(H,25,27). The van der Waals surface area contributed by atoms with Crippen LogP contribution < -0.4 is 10.6 Å². The van der Waals surface area contributed by atoms with Crippen molar-refractivity contribution in [2.45, 2.75) is 26.7 Å². The molecular formula is C23H22N2O4S. The van der Waals surface area contributed by atoms with Crippen LogP contribution in [-0.4, -0.2) is 24.4 Å². The summed E-state index contributed by atoms with van der Waals surface area (Å²) in [5, 5.41) is 8.04. The Hall–Kier alpha value is -3.19. The first-order valence-electron chi connectivity index (χ1n) is 9.79. The van der Waals surface area contributed by atoms with Gasteiger partial charge in [0, 0.05) is 21.9 Å². The molecule has 30 heavy (non-hydrogen) atoms. The molecule has 1 saturated carbocycles. The number of esters is 1. The number of benzene rings is 2. The molecule has 7 heteroatoms. The van der Waals surface area contributed by atoms with Crippen LogP contribution in [0.4, 0.5) is 10.7 Å². The lowest BCUT2D eigenvalue weighted by Gasteiger charge is -2.10. The van der Waals surface area contributed by atoms with E-state index < -0.39 is 18.5 Å². The molecule has 1 heterocycles. The predicted molar refractivity (Wildman–Crippen MR) is 118 cm³/mol. The van der Waals surface area contributed by atoms with E-state index in [9.17, 15) is 14.4 Å². The Morgan fingerprint density at radius 1 is 1.03 bits per heavy atom. The highest BCUT2D eigenvalue weighted by Gasteiger charge is 2.31. The molecule has 1 aliphatic carbocycles. The molecule has 4 rings (SSSR count). The molecule has 0 unspecified atom stereocenters. The summed E-state index contributed by atoms with van der Waals surface area (Å²) < 4.78 is 5.27. The second kappa shape index (κ2) is 8.28. The number of ether oxygens (including phenoxy) is 1. The Bertz CT molecular complexity index is 1140. The number of hydrogen-bond donors (Lipinski definition) is 2. The lowest BCUT2D eigenvalue weighted by Crippen LogP contribution is -2.22. The molecule has 1 aliphatic rings. The van der Waals surface area contributed by atoms with Crippen molar-refractivity contribution in [3.8, 4) is 0 Å². The van der Waals surface area contributed by atoms with Gasteiger partial charge in [0.1, 0.15) is 5.00 Å². The van der Waals surface area contributed by atoms with Crippen molar-refractivity contribution >= 4 is 50.6 Å². The van der Waals surface area contributed by atoms with Crippen LogP contribution in [0, 0.1) is 19.8 Å². The van der Waals surface area contributed by atoms with Gasteiger partial charge >= 0.3 is 5.97 Å². The quantitative estimate of drug-likeness (QED) is 0.566. The van der Waals surface area contributed by atoms with Crippen molar-refractivity contribution < 1.29 is 19.1 Å². The number of thiophene rings is 1. The Kier molecular flexibility index (Phi) is 5.55. The third-order valence-electron chi connectivity index (χ3n) is 5.17.